The van der Waals surface area contributed by atoms with Crippen LogP contribution < -0.4 is 10.2 Å². The Labute approximate surface area is 145 Å². The summed E-state index contributed by atoms with van der Waals surface area (Å²) in [6.45, 7) is 2.70. The summed E-state index contributed by atoms with van der Waals surface area (Å²) in [6.07, 6.45) is 4.26. The minimum atomic E-state index is -0.636. The van der Waals surface area contributed by atoms with Gasteiger partial charge in [0.15, 0.2) is 5.78 Å². The van der Waals surface area contributed by atoms with Crippen molar-refractivity contribution in [2.75, 3.05) is 13.1 Å². The lowest BCUT2D eigenvalue weighted by Crippen LogP contribution is -2.51. The lowest BCUT2D eigenvalue weighted by molar-refractivity contribution is -0.132. The van der Waals surface area contributed by atoms with Crippen LogP contribution in [0.4, 0.5) is 0 Å². The fraction of sp³-hybridized carbons (Fsp3) is 0.389. The van der Waals surface area contributed by atoms with Gasteiger partial charge in [0.1, 0.15) is 11.4 Å². The minimum absolute atomic E-state index is 0.0288. The molecule has 0 aliphatic carbocycles. The van der Waals surface area contributed by atoms with E-state index in [0.717, 1.165) is 0 Å². The van der Waals surface area contributed by atoms with Crippen LogP contribution in [0.25, 0.3) is 6.08 Å². The van der Waals surface area contributed by atoms with Crippen LogP contribution in [0.5, 0.6) is 5.75 Å². The van der Waals surface area contributed by atoms with Gasteiger partial charge in [0.05, 0.1) is 12.0 Å². The zero-order valence-corrected chi connectivity index (χ0v) is 13.9. The van der Waals surface area contributed by atoms with Gasteiger partial charge in [-0.1, -0.05) is 6.07 Å². The highest BCUT2D eigenvalue weighted by Crippen LogP contribution is 2.39. The van der Waals surface area contributed by atoms with Crippen LogP contribution >= 0.6 is 0 Å². The molecule has 0 unspecified atom stereocenters. The van der Waals surface area contributed by atoms with Gasteiger partial charge in [0.2, 0.25) is 5.91 Å². The monoisotopic (exact) mass is 344 g/mol. The molecule has 1 saturated heterocycles. The average Bonchev–Trinajstić information content (AvgIpc) is 2.59. The number of hydrogen-bond donors (Lipinski definition) is 2. The third kappa shape index (κ3) is 3.56. The van der Waals surface area contributed by atoms with Crippen molar-refractivity contribution in [3.05, 3.63) is 35.4 Å². The van der Waals surface area contributed by atoms with E-state index in [1.165, 1.54) is 17.6 Å². The average molecular weight is 344 g/mol. The maximum atomic E-state index is 12.5. The number of amides is 2. The van der Waals surface area contributed by atoms with E-state index >= 15 is 0 Å². The summed E-state index contributed by atoms with van der Waals surface area (Å²) in [5.74, 6) is -0.0741. The largest absolute Gasteiger partial charge is 0.486 e. The van der Waals surface area contributed by atoms with E-state index in [1.807, 2.05) is 0 Å². The van der Waals surface area contributed by atoms with E-state index in [4.69, 9.17) is 9.94 Å². The Balaban J connectivity index is 1.81. The second kappa shape index (κ2) is 6.68. The van der Waals surface area contributed by atoms with Gasteiger partial charge in [-0.3, -0.25) is 19.6 Å². The first-order valence-corrected chi connectivity index (χ1v) is 8.16. The molecule has 1 aromatic rings. The minimum Gasteiger partial charge on any atom is -0.486 e. The fourth-order valence-corrected chi connectivity index (χ4v) is 3.33. The van der Waals surface area contributed by atoms with Gasteiger partial charge in [-0.25, -0.2) is 5.48 Å². The maximum absolute atomic E-state index is 12.5. The van der Waals surface area contributed by atoms with E-state index in [-0.39, 0.29) is 11.7 Å². The second-order valence-electron chi connectivity index (χ2n) is 6.46. The van der Waals surface area contributed by atoms with Gasteiger partial charge in [-0.05, 0) is 23.8 Å². The van der Waals surface area contributed by atoms with Crippen LogP contribution in [0.2, 0.25) is 0 Å². The topological polar surface area (TPSA) is 95.9 Å². The van der Waals surface area contributed by atoms with Gasteiger partial charge in [-0.15, -0.1) is 0 Å². The molecule has 3 rings (SSSR count). The van der Waals surface area contributed by atoms with Gasteiger partial charge in [0.25, 0.3) is 5.91 Å². The standard InChI is InChI=1S/C18H20N2O5/c1-12(21)20-8-6-18(7-9-20)11-15(22)14-4-2-13(10-16(14)25-18)3-5-17(23)19-24/h2-5,10,24H,6-9,11H2,1H3,(H,19,23). The summed E-state index contributed by atoms with van der Waals surface area (Å²) in [5.41, 5.74) is 2.17. The first kappa shape index (κ1) is 17.2. The Kier molecular flexibility index (Phi) is 4.59. The van der Waals surface area contributed by atoms with Crippen molar-refractivity contribution in [2.24, 2.45) is 0 Å². The normalized spacial score (nSPS) is 18.8. The second-order valence-corrected chi connectivity index (χ2v) is 6.46. The first-order chi connectivity index (χ1) is 11.9. The van der Waals surface area contributed by atoms with Crippen molar-refractivity contribution in [3.63, 3.8) is 0 Å². The molecular weight excluding hydrogens is 324 g/mol. The Morgan fingerprint density at radius 2 is 2.04 bits per heavy atom. The number of fused-ring (bicyclic) bond motifs is 1. The smallest absolute Gasteiger partial charge is 0.267 e. The van der Waals surface area contributed by atoms with Crippen molar-refractivity contribution < 1.29 is 24.3 Å². The molecule has 2 N–H and O–H groups in total. The Morgan fingerprint density at radius 1 is 1.32 bits per heavy atom. The molecule has 1 fully saturated rings. The summed E-state index contributed by atoms with van der Waals surface area (Å²) in [7, 11) is 0. The van der Waals surface area contributed by atoms with Gasteiger partial charge in [-0.2, -0.15) is 0 Å². The number of nitrogens with zero attached hydrogens (tertiary/aromatic N) is 1. The number of Topliss-reactive ketones (excluding diaryl/α,β-unsaturated/α-hetero) is 1. The summed E-state index contributed by atoms with van der Waals surface area (Å²) in [5, 5.41) is 8.52. The van der Waals surface area contributed by atoms with E-state index in [9.17, 15) is 14.4 Å². The first-order valence-electron chi connectivity index (χ1n) is 8.16. The molecule has 0 atom stereocenters. The van der Waals surface area contributed by atoms with E-state index < -0.39 is 11.5 Å². The molecule has 1 spiro atoms. The summed E-state index contributed by atoms with van der Waals surface area (Å²) in [4.78, 5) is 36.9. The molecule has 0 radical (unpaired) electrons. The number of carbonyl (C=O) groups is 3. The van der Waals surface area contributed by atoms with E-state index in [0.29, 0.717) is 49.2 Å². The highest BCUT2D eigenvalue weighted by molar-refractivity contribution is 6.01. The molecule has 0 aromatic heterocycles. The molecular formula is C18H20N2O5. The number of hydroxylamine groups is 1. The molecule has 132 valence electrons. The lowest BCUT2D eigenvalue weighted by atomic mass is 9.82. The number of piperidine rings is 1. The number of rotatable bonds is 2. The predicted octanol–water partition coefficient (Wildman–Crippen LogP) is 1.55. The van der Waals surface area contributed by atoms with Crippen molar-refractivity contribution >= 4 is 23.7 Å². The highest BCUT2D eigenvalue weighted by atomic mass is 16.5. The number of likely N-dealkylation sites (tertiary alicyclic amines) is 1. The third-order valence-corrected chi connectivity index (χ3v) is 4.77. The zero-order valence-electron chi connectivity index (χ0n) is 13.9. The molecule has 2 aliphatic rings. The quantitative estimate of drug-likeness (QED) is 0.482. The van der Waals surface area contributed by atoms with E-state index in [2.05, 4.69) is 0 Å². The van der Waals surface area contributed by atoms with E-state index in [1.54, 1.807) is 30.0 Å². The molecule has 1 aromatic carbocycles. The summed E-state index contributed by atoms with van der Waals surface area (Å²) >= 11 is 0. The number of hydrogen-bond acceptors (Lipinski definition) is 5. The highest BCUT2D eigenvalue weighted by Gasteiger charge is 2.43. The van der Waals surface area contributed by atoms with Crippen molar-refractivity contribution in [1.29, 1.82) is 0 Å². The van der Waals surface area contributed by atoms with Crippen LogP contribution in [-0.4, -0.2) is 46.4 Å². The van der Waals surface area contributed by atoms with Crippen molar-refractivity contribution in [2.45, 2.75) is 31.8 Å². The number of carbonyl (C=O) groups excluding carboxylic acids is 3. The Hall–Kier alpha value is -2.67. The SMILES string of the molecule is CC(=O)N1CCC2(CC1)CC(=O)c1ccc(C=CC(=O)NO)cc1O2. The predicted molar refractivity (Wildman–Crippen MR) is 89.2 cm³/mol. The van der Waals surface area contributed by atoms with Crippen LogP contribution in [0.1, 0.15) is 42.1 Å². The zero-order chi connectivity index (χ0) is 18.0. The molecule has 0 saturated carbocycles. The van der Waals surface area contributed by atoms with Gasteiger partial charge < -0.3 is 9.64 Å². The van der Waals surface area contributed by atoms with Gasteiger partial charge >= 0.3 is 0 Å². The molecule has 7 heteroatoms. The summed E-state index contributed by atoms with van der Waals surface area (Å²) in [6, 6.07) is 5.12. The van der Waals surface area contributed by atoms with Crippen LogP contribution in [0.15, 0.2) is 24.3 Å². The van der Waals surface area contributed by atoms with Gasteiger partial charge in [0, 0.05) is 38.9 Å². The maximum Gasteiger partial charge on any atom is 0.267 e. The Morgan fingerprint density at radius 3 is 2.68 bits per heavy atom. The molecule has 7 nitrogen and oxygen atoms in total. The molecule has 0 bridgehead atoms. The molecule has 2 aliphatic heterocycles. The number of ketones is 1. The molecule has 25 heavy (non-hydrogen) atoms. The molecule has 2 heterocycles. The number of benzene rings is 1. The van der Waals surface area contributed by atoms with Crippen LogP contribution in [0.3, 0.4) is 0 Å². The summed E-state index contributed by atoms with van der Waals surface area (Å²) < 4.78 is 6.19. The van der Waals surface area contributed by atoms with Crippen molar-refractivity contribution in [1.82, 2.24) is 10.4 Å². The third-order valence-electron chi connectivity index (χ3n) is 4.77. The van der Waals surface area contributed by atoms with Crippen molar-refractivity contribution in [3.8, 4) is 5.75 Å². The Bertz CT molecular complexity index is 748. The number of ether oxygens (including phenoxy) is 1. The molecule has 2 amide bonds. The van der Waals surface area contributed by atoms with Crippen LogP contribution in [0, 0.1) is 0 Å². The number of nitrogens with one attached hydrogen (secondary N) is 1. The fourth-order valence-electron chi connectivity index (χ4n) is 3.33. The lowest BCUT2D eigenvalue weighted by Gasteiger charge is -2.43. The van der Waals surface area contributed by atoms with Crippen LogP contribution in [-0.2, 0) is 9.59 Å².